The van der Waals surface area contributed by atoms with Gasteiger partial charge in [-0.25, -0.2) is 0 Å². The molecule has 2 atom stereocenters. The standard InChI is InChI=1S/C40H46N4O6/c1-43(31-19-23-33(49-3)24-20-31)39(47)35(27-29-13-7-5-8-14-29)41-37(45)17-11-12-18-38(46)42-36(28-30-15-9-6-10-16-30)40(48)44(2)32-21-25-34(50-4)26-22-32/h5-10,13-16,19-26,35-36H,11-12,17-18,27-28H2,1-4H3,(H,41,45)(H,42,46)/t35-,36-/m0/s1. The third-order valence-corrected chi connectivity index (χ3v) is 8.47. The van der Waals surface area contributed by atoms with E-state index in [0.29, 0.717) is 48.6 Å². The number of carbonyl (C=O) groups excluding carboxylic acids is 4. The van der Waals surface area contributed by atoms with Gasteiger partial charge in [0.15, 0.2) is 0 Å². The van der Waals surface area contributed by atoms with Crippen molar-refractivity contribution in [3.8, 4) is 11.5 Å². The van der Waals surface area contributed by atoms with Crippen molar-refractivity contribution in [2.24, 2.45) is 0 Å². The quantitative estimate of drug-likeness (QED) is 0.146. The van der Waals surface area contributed by atoms with Crippen LogP contribution in [0.2, 0.25) is 0 Å². The first-order valence-corrected chi connectivity index (χ1v) is 16.7. The van der Waals surface area contributed by atoms with Crippen LogP contribution in [0, 0.1) is 0 Å². The number of hydrogen-bond donors (Lipinski definition) is 2. The number of nitrogens with one attached hydrogen (secondary N) is 2. The number of hydrogen-bond acceptors (Lipinski definition) is 6. The van der Waals surface area contributed by atoms with Gasteiger partial charge in [-0.3, -0.25) is 19.2 Å². The van der Waals surface area contributed by atoms with Crippen LogP contribution in [0.25, 0.3) is 0 Å². The maximum Gasteiger partial charge on any atom is 0.249 e. The van der Waals surface area contributed by atoms with Crippen molar-refractivity contribution in [1.29, 1.82) is 0 Å². The van der Waals surface area contributed by atoms with E-state index in [1.165, 1.54) is 9.80 Å². The molecule has 4 rings (SSSR count). The lowest BCUT2D eigenvalue weighted by atomic mass is 10.0. The number of likely N-dealkylation sites (N-methyl/N-ethyl adjacent to an activating group) is 2. The first kappa shape index (κ1) is 37.2. The van der Waals surface area contributed by atoms with Crippen molar-refractivity contribution in [3.63, 3.8) is 0 Å². The topological polar surface area (TPSA) is 117 Å². The highest BCUT2D eigenvalue weighted by Gasteiger charge is 2.27. The van der Waals surface area contributed by atoms with Crippen LogP contribution >= 0.6 is 0 Å². The predicted molar refractivity (Wildman–Crippen MR) is 195 cm³/mol. The van der Waals surface area contributed by atoms with E-state index in [2.05, 4.69) is 10.6 Å². The zero-order valence-corrected chi connectivity index (χ0v) is 29.1. The van der Waals surface area contributed by atoms with Gasteiger partial charge in [0.1, 0.15) is 23.6 Å². The van der Waals surface area contributed by atoms with Crippen molar-refractivity contribution in [3.05, 3.63) is 120 Å². The Hall–Kier alpha value is -5.64. The number of ether oxygens (including phenoxy) is 2. The zero-order chi connectivity index (χ0) is 35.9. The Morgan fingerprint density at radius 1 is 0.540 bits per heavy atom. The number of carbonyl (C=O) groups is 4. The molecule has 0 saturated heterocycles. The molecule has 0 radical (unpaired) electrons. The zero-order valence-electron chi connectivity index (χ0n) is 29.1. The highest BCUT2D eigenvalue weighted by Crippen LogP contribution is 2.21. The lowest BCUT2D eigenvalue weighted by Crippen LogP contribution is -2.49. The van der Waals surface area contributed by atoms with E-state index >= 15 is 0 Å². The molecule has 0 aliphatic rings. The summed E-state index contributed by atoms with van der Waals surface area (Å²) in [6.07, 6.45) is 1.81. The number of methoxy groups -OCH3 is 2. The minimum Gasteiger partial charge on any atom is -0.497 e. The Bertz CT molecular complexity index is 1550. The molecule has 50 heavy (non-hydrogen) atoms. The van der Waals surface area contributed by atoms with E-state index in [0.717, 1.165) is 11.1 Å². The van der Waals surface area contributed by atoms with Gasteiger partial charge in [0.05, 0.1) is 14.2 Å². The summed E-state index contributed by atoms with van der Waals surface area (Å²) in [6.45, 7) is 0. The fourth-order valence-electron chi connectivity index (χ4n) is 5.54. The summed E-state index contributed by atoms with van der Waals surface area (Å²) >= 11 is 0. The van der Waals surface area contributed by atoms with Crippen LogP contribution < -0.4 is 29.9 Å². The third kappa shape index (κ3) is 10.9. The summed E-state index contributed by atoms with van der Waals surface area (Å²) in [4.78, 5) is 56.5. The molecule has 2 N–H and O–H groups in total. The van der Waals surface area contributed by atoms with Crippen molar-refractivity contribution >= 4 is 35.0 Å². The van der Waals surface area contributed by atoms with Gasteiger partial charge in [-0.2, -0.15) is 0 Å². The van der Waals surface area contributed by atoms with Crippen LogP contribution in [0.15, 0.2) is 109 Å². The summed E-state index contributed by atoms with van der Waals surface area (Å²) in [7, 11) is 6.51. The Balaban J connectivity index is 1.33. The lowest BCUT2D eigenvalue weighted by Gasteiger charge is -2.25. The fraction of sp³-hybridized carbons (Fsp3) is 0.300. The van der Waals surface area contributed by atoms with E-state index in [-0.39, 0.29) is 36.5 Å². The smallest absolute Gasteiger partial charge is 0.249 e. The monoisotopic (exact) mass is 678 g/mol. The minimum absolute atomic E-state index is 0.144. The van der Waals surface area contributed by atoms with Crippen molar-refractivity contribution in [2.45, 2.75) is 50.6 Å². The Kier molecular flexibility index (Phi) is 14.0. The first-order valence-electron chi connectivity index (χ1n) is 16.7. The number of unbranched alkanes of at least 4 members (excludes halogenated alkanes) is 1. The molecule has 10 nitrogen and oxygen atoms in total. The molecule has 4 aromatic rings. The van der Waals surface area contributed by atoms with Crippen molar-refractivity contribution in [2.75, 3.05) is 38.1 Å². The SMILES string of the molecule is COc1ccc(N(C)C(=O)[C@H](Cc2ccccc2)NC(=O)CCCCC(=O)N[C@@H](Cc2ccccc2)C(=O)N(C)c2ccc(OC)cc2)cc1. The normalized spacial score (nSPS) is 11.8. The average Bonchev–Trinajstić information content (AvgIpc) is 3.15. The predicted octanol–water partition coefficient (Wildman–Crippen LogP) is 5.35. The van der Waals surface area contributed by atoms with Crippen LogP contribution in [0.3, 0.4) is 0 Å². The molecule has 262 valence electrons. The Labute approximate surface area is 294 Å². The summed E-state index contributed by atoms with van der Waals surface area (Å²) in [5.74, 6) is 0.302. The van der Waals surface area contributed by atoms with Crippen LogP contribution in [0.5, 0.6) is 11.5 Å². The number of amides is 4. The molecule has 0 aromatic heterocycles. The summed E-state index contributed by atoms with van der Waals surface area (Å²) < 4.78 is 10.5. The molecular formula is C40H46N4O6. The van der Waals surface area contributed by atoms with E-state index in [1.54, 1.807) is 76.8 Å². The Morgan fingerprint density at radius 2 is 0.880 bits per heavy atom. The number of rotatable bonds is 17. The average molecular weight is 679 g/mol. The van der Waals surface area contributed by atoms with Gasteiger partial charge < -0.3 is 29.9 Å². The molecule has 0 aliphatic heterocycles. The van der Waals surface area contributed by atoms with Crippen molar-refractivity contribution in [1.82, 2.24) is 10.6 Å². The highest BCUT2D eigenvalue weighted by molar-refractivity contribution is 6.00. The van der Waals surface area contributed by atoms with Crippen LogP contribution in [-0.4, -0.2) is 64.0 Å². The molecule has 0 unspecified atom stereocenters. The largest absolute Gasteiger partial charge is 0.497 e. The van der Waals surface area contributed by atoms with E-state index < -0.39 is 12.1 Å². The van der Waals surface area contributed by atoms with Gasteiger partial charge in [0.2, 0.25) is 23.6 Å². The van der Waals surface area contributed by atoms with Gasteiger partial charge >= 0.3 is 0 Å². The molecule has 0 aliphatic carbocycles. The molecule has 0 spiro atoms. The summed E-state index contributed by atoms with van der Waals surface area (Å²) in [5.41, 5.74) is 3.19. The molecule has 0 fully saturated rings. The maximum atomic E-state index is 13.6. The second-order valence-electron chi connectivity index (χ2n) is 12.0. The van der Waals surface area contributed by atoms with Gasteiger partial charge in [0.25, 0.3) is 0 Å². The van der Waals surface area contributed by atoms with E-state index in [4.69, 9.17) is 9.47 Å². The second-order valence-corrected chi connectivity index (χ2v) is 12.0. The van der Waals surface area contributed by atoms with Gasteiger partial charge in [-0.1, -0.05) is 60.7 Å². The number of benzene rings is 4. The van der Waals surface area contributed by atoms with Crippen LogP contribution in [0.4, 0.5) is 11.4 Å². The number of anilines is 2. The molecule has 0 bridgehead atoms. The van der Waals surface area contributed by atoms with Gasteiger partial charge in [0, 0.05) is 51.2 Å². The molecule has 0 saturated carbocycles. The molecule has 4 aromatic carbocycles. The molecular weight excluding hydrogens is 632 g/mol. The summed E-state index contributed by atoms with van der Waals surface area (Å²) in [6, 6.07) is 31.8. The highest BCUT2D eigenvalue weighted by atomic mass is 16.5. The van der Waals surface area contributed by atoms with Gasteiger partial charge in [-0.05, 0) is 72.5 Å². The second kappa shape index (κ2) is 18.8. The fourth-order valence-corrected chi connectivity index (χ4v) is 5.54. The van der Waals surface area contributed by atoms with Crippen LogP contribution in [-0.2, 0) is 32.0 Å². The van der Waals surface area contributed by atoms with Crippen molar-refractivity contribution < 1.29 is 28.7 Å². The minimum atomic E-state index is -0.784. The first-order chi connectivity index (χ1) is 24.2. The Morgan fingerprint density at radius 3 is 1.20 bits per heavy atom. The molecule has 0 heterocycles. The van der Waals surface area contributed by atoms with E-state index in [1.807, 2.05) is 60.7 Å². The third-order valence-electron chi connectivity index (χ3n) is 8.47. The summed E-state index contributed by atoms with van der Waals surface area (Å²) in [5, 5.41) is 5.85. The van der Waals surface area contributed by atoms with E-state index in [9.17, 15) is 19.2 Å². The lowest BCUT2D eigenvalue weighted by molar-refractivity contribution is -0.128. The molecule has 4 amide bonds. The number of nitrogens with zero attached hydrogens (tertiary/aromatic N) is 2. The van der Waals surface area contributed by atoms with Crippen LogP contribution in [0.1, 0.15) is 36.8 Å². The molecule has 10 heteroatoms. The van der Waals surface area contributed by atoms with Gasteiger partial charge in [-0.15, -0.1) is 0 Å². The maximum absolute atomic E-state index is 13.6.